The third kappa shape index (κ3) is 8.33. The molecule has 3 amide bonds. The number of carbonyl (C=O) groups excluding carboxylic acids is 3. The van der Waals surface area contributed by atoms with Crippen LogP contribution in [0.25, 0.3) is 0 Å². The van der Waals surface area contributed by atoms with Crippen molar-refractivity contribution < 1.29 is 19.1 Å². The Hall–Kier alpha value is -3.35. The van der Waals surface area contributed by atoms with Crippen LogP contribution in [0.15, 0.2) is 60.7 Å². The average Bonchev–Trinajstić information content (AvgIpc) is 3.57. The third-order valence-corrected chi connectivity index (χ3v) is 6.70. The van der Waals surface area contributed by atoms with E-state index in [9.17, 15) is 14.4 Å². The Morgan fingerprint density at radius 1 is 1.00 bits per heavy atom. The Labute approximate surface area is 227 Å². The molecular weight excluding hydrogens is 478 g/mol. The molecular formula is C31H43N3O4. The van der Waals surface area contributed by atoms with Crippen LogP contribution in [0.2, 0.25) is 0 Å². The highest BCUT2D eigenvalue weighted by molar-refractivity contribution is 5.93. The maximum Gasteiger partial charge on any atom is 0.408 e. The number of alkyl carbamates (subject to hydrolysis) is 1. The fourth-order valence-electron chi connectivity index (χ4n) is 4.75. The van der Waals surface area contributed by atoms with Crippen molar-refractivity contribution in [2.45, 2.75) is 97.0 Å². The summed E-state index contributed by atoms with van der Waals surface area (Å²) in [6.07, 6.45) is 2.22. The Bertz CT molecular complexity index is 1070. The summed E-state index contributed by atoms with van der Waals surface area (Å²) in [5, 5.41) is 5.95. The fourth-order valence-corrected chi connectivity index (χ4v) is 4.75. The smallest absolute Gasteiger partial charge is 0.408 e. The van der Waals surface area contributed by atoms with Crippen LogP contribution in [-0.2, 0) is 20.7 Å². The van der Waals surface area contributed by atoms with Crippen LogP contribution in [0, 0.1) is 5.92 Å². The van der Waals surface area contributed by atoms with Crippen LogP contribution >= 0.6 is 0 Å². The molecule has 2 aromatic carbocycles. The molecule has 0 spiro atoms. The van der Waals surface area contributed by atoms with E-state index in [1.807, 2.05) is 67.6 Å². The van der Waals surface area contributed by atoms with Gasteiger partial charge in [0.15, 0.2) is 0 Å². The van der Waals surface area contributed by atoms with Gasteiger partial charge >= 0.3 is 6.09 Å². The van der Waals surface area contributed by atoms with Gasteiger partial charge in [-0.1, -0.05) is 80.9 Å². The van der Waals surface area contributed by atoms with Gasteiger partial charge in [-0.05, 0) is 57.6 Å². The van der Waals surface area contributed by atoms with Crippen molar-refractivity contribution in [3.05, 3.63) is 71.8 Å². The zero-order chi connectivity index (χ0) is 27.9. The lowest BCUT2D eigenvalue weighted by Gasteiger charge is -2.35. The third-order valence-electron chi connectivity index (χ3n) is 6.70. The van der Waals surface area contributed by atoms with E-state index in [1.165, 1.54) is 0 Å². The summed E-state index contributed by atoms with van der Waals surface area (Å²) < 4.78 is 5.51. The van der Waals surface area contributed by atoms with Crippen LogP contribution in [0.3, 0.4) is 0 Å². The maximum absolute atomic E-state index is 14.4. The molecule has 0 aromatic heterocycles. The van der Waals surface area contributed by atoms with Crippen molar-refractivity contribution in [3.63, 3.8) is 0 Å². The minimum absolute atomic E-state index is 0.0210. The predicted octanol–water partition coefficient (Wildman–Crippen LogP) is 5.41. The van der Waals surface area contributed by atoms with Crippen LogP contribution < -0.4 is 10.6 Å². The topological polar surface area (TPSA) is 87.7 Å². The van der Waals surface area contributed by atoms with Gasteiger partial charge in [-0.25, -0.2) is 4.79 Å². The second kappa shape index (κ2) is 12.9. The van der Waals surface area contributed by atoms with Crippen LogP contribution in [-0.4, -0.2) is 46.5 Å². The molecule has 0 aliphatic heterocycles. The van der Waals surface area contributed by atoms with E-state index in [4.69, 9.17) is 4.74 Å². The van der Waals surface area contributed by atoms with Gasteiger partial charge in [0, 0.05) is 18.5 Å². The molecule has 7 heteroatoms. The number of hydrogen-bond donors (Lipinski definition) is 2. The molecule has 0 radical (unpaired) electrons. The van der Waals surface area contributed by atoms with Gasteiger partial charge in [-0.3, -0.25) is 9.59 Å². The first-order chi connectivity index (χ1) is 18.0. The molecule has 1 fully saturated rings. The number of ether oxygens (including phenoxy) is 1. The zero-order valence-corrected chi connectivity index (χ0v) is 23.6. The van der Waals surface area contributed by atoms with E-state index in [0.29, 0.717) is 0 Å². The molecule has 0 saturated heterocycles. The molecule has 206 valence electrons. The molecule has 1 aliphatic rings. The Morgan fingerprint density at radius 2 is 1.58 bits per heavy atom. The summed E-state index contributed by atoms with van der Waals surface area (Å²) in [5.74, 6) is -0.244. The van der Waals surface area contributed by atoms with E-state index in [-0.39, 0.29) is 36.2 Å². The van der Waals surface area contributed by atoms with Gasteiger partial charge in [0.2, 0.25) is 11.8 Å². The molecule has 2 N–H and O–H groups in total. The van der Waals surface area contributed by atoms with E-state index in [1.54, 1.807) is 25.7 Å². The van der Waals surface area contributed by atoms with Crippen molar-refractivity contribution in [1.29, 1.82) is 0 Å². The second-order valence-electron chi connectivity index (χ2n) is 11.4. The molecule has 1 saturated carbocycles. The van der Waals surface area contributed by atoms with E-state index in [2.05, 4.69) is 24.5 Å². The lowest BCUT2D eigenvalue weighted by molar-refractivity contribution is -0.143. The van der Waals surface area contributed by atoms with E-state index in [0.717, 1.165) is 30.4 Å². The SMILES string of the molecule is CCCC(C)NC(=O)C(c1ccccc1)N(C(=O)C(Cc1ccccc1)NC(=O)OC(C)(C)C)C1CC1C. The second-order valence-corrected chi connectivity index (χ2v) is 11.4. The first-order valence-electron chi connectivity index (χ1n) is 13.7. The highest BCUT2D eigenvalue weighted by atomic mass is 16.6. The van der Waals surface area contributed by atoms with Gasteiger partial charge in [0.1, 0.15) is 17.7 Å². The summed E-state index contributed by atoms with van der Waals surface area (Å²) in [7, 11) is 0. The summed E-state index contributed by atoms with van der Waals surface area (Å²) in [6, 6.07) is 17.2. The minimum Gasteiger partial charge on any atom is -0.444 e. The molecule has 0 heterocycles. The highest BCUT2D eigenvalue weighted by Gasteiger charge is 2.48. The van der Waals surface area contributed by atoms with Gasteiger partial charge in [0.25, 0.3) is 0 Å². The number of amides is 3. The molecule has 38 heavy (non-hydrogen) atoms. The van der Waals surface area contributed by atoms with Gasteiger partial charge in [-0.2, -0.15) is 0 Å². The summed E-state index contributed by atoms with van der Waals surface area (Å²) in [5.41, 5.74) is 0.941. The quantitative estimate of drug-likeness (QED) is 0.414. The zero-order valence-electron chi connectivity index (χ0n) is 23.6. The number of nitrogens with one attached hydrogen (secondary N) is 2. The number of nitrogens with zero attached hydrogens (tertiary/aromatic N) is 1. The first-order valence-corrected chi connectivity index (χ1v) is 13.7. The minimum atomic E-state index is -0.896. The molecule has 2 aromatic rings. The Balaban J connectivity index is 2.00. The van der Waals surface area contributed by atoms with Crippen LogP contribution in [0.5, 0.6) is 0 Å². The van der Waals surface area contributed by atoms with Gasteiger partial charge in [-0.15, -0.1) is 0 Å². The van der Waals surface area contributed by atoms with Gasteiger partial charge < -0.3 is 20.3 Å². The average molecular weight is 522 g/mol. The van der Waals surface area contributed by atoms with E-state index < -0.39 is 23.8 Å². The largest absolute Gasteiger partial charge is 0.444 e. The standard InChI is InChI=1S/C31H43N3O4/c1-7-14-22(3)32-28(35)27(24-17-12-9-13-18-24)34(26-19-21(26)2)29(36)25(20-23-15-10-8-11-16-23)33-30(37)38-31(4,5)6/h8-13,15-18,21-22,25-27H,7,14,19-20H2,1-6H3,(H,32,35)(H,33,37). The van der Waals surface area contributed by atoms with Gasteiger partial charge in [0.05, 0.1) is 0 Å². The number of hydrogen-bond acceptors (Lipinski definition) is 4. The predicted molar refractivity (Wildman–Crippen MR) is 149 cm³/mol. The lowest BCUT2D eigenvalue weighted by Crippen LogP contribution is -2.55. The summed E-state index contributed by atoms with van der Waals surface area (Å²) in [6.45, 7) is 11.5. The van der Waals surface area contributed by atoms with Crippen molar-refractivity contribution in [3.8, 4) is 0 Å². The molecule has 1 aliphatic carbocycles. The molecule has 7 nitrogen and oxygen atoms in total. The van der Waals surface area contributed by atoms with Crippen LogP contribution in [0.4, 0.5) is 4.79 Å². The Kier molecular flexibility index (Phi) is 9.95. The van der Waals surface area contributed by atoms with Crippen molar-refractivity contribution in [2.75, 3.05) is 0 Å². The van der Waals surface area contributed by atoms with Crippen molar-refractivity contribution in [2.24, 2.45) is 5.92 Å². The molecule has 5 unspecified atom stereocenters. The highest BCUT2D eigenvalue weighted by Crippen LogP contribution is 2.41. The monoisotopic (exact) mass is 521 g/mol. The Morgan fingerprint density at radius 3 is 2.11 bits per heavy atom. The number of rotatable bonds is 11. The summed E-state index contributed by atoms with van der Waals surface area (Å²) in [4.78, 5) is 42.7. The van der Waals surface area contributed by atoms with E-state index >= 15 is 0 Å². The molecule has 5 atom stereocenters. The normalized spacial score (nSPS) is 19.0. The molecule has 0 bridgehead atoms. The fraction of sp³-hybridized carbons (Fsp3) is 0.516. The first kappa shape index (κ1) is 29.2. The number of carbonyl (C=O) groups is 3. The van der Waals surface area contributed by atoms with Crippen molar-refractivity contribution >= 4 is 17.9 Å². The number of benzene rings is 2. The summed E-state index contributed by atoms with van der Waals surface area (Å²) >= 11 is 0. The maximum atomic E-state index is 14.4. The lowest BCUT2D eigenvalue weighted by atomic mass is 9.99. The molecule has 3 rings (SSSR count). The van der Waals surface area contributed by atoms with Crippen LogP contribution in [0.1, 0.15) is 78.0 Å². The van der Waals surface area contributed by atoms with Crippen molar-refractivity contribution in [1.82, 2.24) is 15.5 Å².